The fourth-order valence-electron chi connectivity index (χ4n) is 7.18. The van der Waals surface area contributed by atoms with E-state index in [0.717, 1.165) is 36.9 Å². The van der Waals surface area contributed by atoms with Crippen LogP contribution in [-0.2, 0) is 6.42 Å². The molecule has 3 aliphatic rings. The van der Waals surface area contributed by atoms with Crippen LogP contribution >= 0.6 is 0 Å². The molecule has 220 valence electrons. The number of hydrogen-bond donors (Lipinski definition) is 1. The Morgan fingerprint density at radius 2 is 1.74 bits per heavy atom. The van der Waals surface area contributed by atoms with Crippen LogP contribution in [0.4, 0.5) is 15.1 Å². The van der Waals surface area contributed by atoms with Crippen molar-refractivity contribution in [3.8, 4) is 5.69 Å². The molecule has 3 atom stereocenters. The molecule has 4 aromatic rings. The van der Waals surface area contributed by atoms with E-state index >= 15 is 0 Å². The number of anilines is 1. The number of nitrogens with zero attached hydrogens (tertiary/aromatic N) is 6. The molecule has 1 aliphatic heterocycles. The molecule has 43 heavy (non-hydrogen) atoms. The predicted molar refractivity (Wildman–Crippen MR) is 164 cm³/mol. The number of rotatable bonds is 6. The van der Waals surface area contributed by atoms with Crippen molar-refractivity contribution in [2.24, 2.45) is 5.92 Å². The fourth-order valence-corrected chi connectivity index (χ4v) is 7.18. The second-order valence-corrected chi connectivity index (χ2v) is 11.8. The van der Waals surface area contributed by atoms with Gasteiger partial charge in [-0.2, -0.15) is 5.10 Å². The summed E-state index contributed by atoms with van der Waals surface area (Å²) in [6.07, 6.45) is 9.34. The second kappa shape index (κ2) is 11.6. The van der Waals surface area contributed by atoms with Gasteiger partial charge >= 0.3 is 6.03 Å². The predicted octanol–water partition coefficient (Wildman–Crippen LogP) is 5.83. The van der Waals surface area contributed by atoms with Crippen LogP contribution in [-0.4, -0.2) is 56.9 Å². The van der Waals surface area contributed by atoms with Gasteiger partial charge < -0.3 is 15.1 Å². The van der Waals surface area contributed by atoms with Crippen LogP contribution < -0.4 is 10.2 Å². The van der Waals surface area contributed by atoms with Crippen LogP contribution in [0.15, 0.2) is 90.4 Å². The van der Waals surface area contributed by atoms with Crippen molar-refractivity contribution >= 4 is 12.0 Å². The number of carbonyl (C=O) groups excluding carboxylic acids is 1. The van der Waals surface area contributed by atoms with Gasteiger partial charge in [-0.05, 0) is 61.1 Å². The lowest BCUT2D eigenvalue weighted by molar-refractivity contribution is 0.188. The Morgan fingerprint density at radius 3 is 2.49 bits per heavy atom. The Balaban J connectivity index is 1.07. The molecule has 2 amide bonds. The molecule has 0 bridgehead atoms. The largest absolute Gasteiger partial charge is 0.337 e. The van der Waals surface area contributed by atoms with Crippen LogP contribution in [0.1, 0.15) is 55.0 Å². The Hall–Kier alpha value is -4.53. The van der Waals surface area contributed by atoms with Crippen molar-refractivity contribution in [3.63, 3.8) is 0 Å². The fraction of sp³-hybridized carbons (Fsp3) is 0.353. The third-order valence-electron chi connectivity index (χ3n) is 9.35. The van der Waals surface area contributed by atoms with Gasteiger partial charge in [0.05, 0.1) is 23.6 Å². The molecule has 1 saturated heterocycles. The van der Waals surface area contributed by atoms with Crippen LogP contribution in [0.3, 0.4) is 0 Å². The van der Waals surface area contributed by atoms with Crippen molar-refractivity contribution in [2.45, 2.75) is 44.6 Å². The summed E-state index contributed by atoms with van der Waals surface area (Å²) >= 11 is 0. The number of nitrogens with one attached hydrogen (secondary N) is 1. The lowest BCUT2D eigenvalue weighted by Gasteiger charge is -2.36. The minimum absolute atomic E-state index is 0.0192. The van der Waals surface area contributed by atoms with E-state index in [-0.39, 0.29) is 23.8 Å². The summed E-state index contributed by atoms with van der Waals surface area (Å²) in [5.74, 6) is 1.10. The quantitative estimate of drug-likeness (QED) is 0.292. The summed E-state index contributed by atoms with van der Waals surface area (Å²) in [5, 5.41) is 8.13. The SMILES string of the molecule is C[C@@H]1C2=C(CC[C@@H]2CC(NC(=O)N2CCN(c3ncccn3)CC2)c2ccccc2)Cc2c1cnn2-c1ccc(F)cc1. The normalized spacial score (nSPS) is 20.5. The summed E-state index contributed by atoms with van der Waals surface area (Å²) < 4.78 is 15.5. The summed E-state index contributed by atoms with van der Waals surface area (Å²) in [6, 6.07) is 18.6. The maximum atomic E-state index is 13.6. The molecule has 0 spiro atoms. The lowest BCUT2D eigenvalue weighted by atomic mass is 9.78. The molecule has 9 heteroatoms. The topological polar surface area (TPSA) is 79.2 Å². The molecule has 0 saturated carbocycles. The van der Waals surface area contributed by atoms with Crippen molar-refractivity contribution in [3.05, 3.63) is 113 Å². The molecule has 2 aromatic heterocycles. The minimum atomic E-state index is -0.245. The minimum Gasteiger partial charge on any atom is -0.337 e. The third-order valence-corrected chi connectivity index (χ3v) is 9.35. The smallest absolute Gasteiger partial charge is 0.318 e. The maximum Gasteiger partial charge on any atom is 0.318 e. The molecular weight excluding hydrogens is 541 g/mol. The van der Waals surface area contributed by atoms with Gasteiger partial charge in [0.15, 0.2) is 0 Å². The van der Waals surface area contributed by atoms with Gasteiger partial charge in [-0.15, -0.1) is 0 Å². The molecule has 1 fully saturated rings. The molecule has 3 heterocycles. The molecule has 2 aliphatic carbocycles. The number of piperazine rings is 1. The zero-order valence-electron chi connectivity index (χ0n) is 24.4. The lowest BCUT2D eigenvalue weighted by Crippen LogP contribution is -2.52. The van der Waals surface area contributed by atoms with Gasteiger partial charge in [0.1, 0.15) is 5.82 Å². The zero-order chi connectivity index (χ0) is 29.3. The van der Waals surface area contributed by atoms with E-state index in [1.807, 2.05) is 40.0 Å². The van der Waals surface area contributed by atoms with E-state index in [0.29, 0.717) is 38.0 Å². The van der Waals surface area contributed by atoms with E-state index in [1.54, 1.807) is 24.5 Å². The highest BCUT2D eigenvalue weighted by molar-refractivity contribution is 5.75. The number of hydrogen-bond acceptors (Lipinski definition) is 5. The number of fused-ring (bicyclic) bond motifs is 1. The average Bonchev–Trinajstić information content (AvgIpc) is 3.67. The third kappa shape index (κ3) is 5.40. The van der Waals surface area contributed by atoms with E-state index < -0.39 is 0 Å². The van der Waals surface area contributed by atoms with Crippen molar-refractivity contribution < 1.29 is 9.18 Å². The standard InChI is InChI=1S/C34H36FN7O/c1-23-29-22-38-42(28-12-10-27(35)11-13-28)31(29)21-26-9-8-25(32(23)26)20-30(24-6-3-2-4-7-24)39-34(43)41-18-16-40(17-19-41)33-36-14-5-15-37-33/h2-7,10-15,22-23,25,30H,8-9,16-21H2,1H3,(H,39,43)/t23-,25+,30?/m0/s1. The highest BCUT2D eigenvalue weighted by atomic mass is 19.1. The van der Waals surface area contributed by atoms with Gasteiger partial charge in [0.25, 0.3) is 0 Å². The zero-order valence-corrected chi connectivity index (χ0v) is 24.4. The number of carbonyl (C=O) groups is 1. The monoisotopic (exact) mass is 577 g/mol. The molecule has 1 N–H and O–H groups in total. The van der Waals surface area contributed by atoms with Crippen LogP contribution in [0.5, 0.6) is 0 Å². The van der Waals surface area contributed by atoms with E-state index in [9.17, 15) is 9.18 Å². The first kappa shape index (κ1) is 27.3. The van der Waals surface area contributed by atoms with Crippen molar-refractivity contribution in [1.29, 1.82) is 0 Å². The Kier molecular flexibility index (Phi) is 7.39. The van der Waals surface area contributed by atoms with Crippen LogP contribution in [0.2, 0.25) is 0 Å². The van der Waals surface area contributed by atoms with E-state index in [4.69, 9.17) is 5.10 Å². The molecule has 1 unspecified atom stereocenters. The highest BCUT2D eigenvalue weighted by Gasteiger charge is 2.38. The number of aromatic nitrogens is 4. The van der Waals surface area contributed by atoms with Crippen molar-refractivity contribution in [1.82, 2.24) is 30.0 Å². The van der Waals surface area contributed by atoms with Gasteiger partial charge in [-0.25, -0.2) is 23.8 Å². The molecule has 2 aromatic carbocycles. The summed E-state index contributed by atoms with van der Waals surface area (Å²) in [7, 11) is 0. The number of halogens is 1. The van der Waals surface area contributed by atoms with Gasteiger partial charge in [0.2, 0.25) is 5.95 Å². The summed E-state index contributed by atoms with van der Waals surface area (Å²) in [4.78, 5) is 26.4. The first-order valence-corrected chi connectivity index (χ1v) is 15.2. The number of allylic oxidation sites excluding steroid dienone is 2. The number of benzene rings is 2. The second-order valence-electron chi connectivity index (χ2n) is 11.8. The van der Waals surface area contributed by atoms with E-state index in [1.165, 1.54) is 34.5 Å². The van der Waals surface area contributed by atoms with Gasteiger partial charge in [-0.1, -0.05) is 48.4 Å². The molecule has 7 rings (SSSR count). The Labute approximate surface area is 251 Å². The molecule has 0 radical (unpaired) electrons. The Morgan fingerprint density at radius 1 is 1.00 bits per heavy atom. The summed E-state index contributed by atoms with van der Waals surface area (Å²) in [6.45, 7) is 4.95. The highest BCUT2D eigenvalue weighted by Crippen LogP contribution is 2.49. The van der Waals surface area contributed by atoms with Crippen LogP contribution in [0, 0.1) is 11.7 Å². The number of amides is 2. The molecular formula is C34H36FN7O. The van der Waals surface area contributed by atoms with Crippen LogP contribution in [0.25, 0.3) is 5.69 Å². The molecule has 8 nitrogen and oxygen atoms in total. The average molecular weight is 578 g/mol. The Bertz CT molecular complexity index is 1610. The maximum absolute atomic E-state index is 13.6. The van der Waals surface area contributed by atoms with Gasteiger partial charge in [-0.3, -0.25) is 0 Å². The van der Waals surface area contributed by atoms with Gasteiger partial charge in [0, 0.05) is 56.5 Å². The van der Waals surface area contributed by atoms with Crippen molar-refractivity contribution in [2.75, 3.05) is 31.1 Å². The first-order chi connectivity index (χ1) is 21.0. The summed E-state index contributed by atoms with van der Waals surface area (Å²) in [5.41, 5.74) is 7.47. The number of urea groups is 1. The van der Waals surface area contributed by atoms with E-state index in [2.05, 4.69) is 39.2 Å². The first-order valence-electron chi connectivity index (χ1n) is 15.2.